The fraction of sp³-hybridized carbons (Fsp3) is 0.667. The number of likely N-dealkylation sites (N-methyl/N-ethyl adjacent to an activating group) is 1. The first-order chi connectivity index (χ1) is 13.4. The Labute approximate surface area is 171 Å². The molecular formula is C21H32N2O4S. The summed E-state index contributed by atoms with van der Waals surface area (Å²) in [5.41, 5.74) is 1.23. The lowest BCUT2D eigenvalue weighted by Crippen LogP contribution is -2.47. The van der Waals surface area contributed by atoms with E-state index in [1.807, 2.05) is 6.07 Å². The Morgan fingerprint density at radius 3 is 2.68 bits per heavy atom. The van der Waals surface area contributed by atoms with E-state index in [1.54, 1.807) is 30.2 Å². The number of esters is 1. The summed E-state index contributed by atoms with van der Waals surface area (Å²) >= 11 is 1.54. The van der Waals surface area contributed by atoms with Crippen LogP contribution in [-0.2, 0) is 27.2 Å². The summed E-state index contributed by atoms with van der Waals surface area (Å²) in [7, 11) is 1.66. The lowest BCUT2D eigenvalue weighted by Gasteiger charge is -2.32. The van der Waals surface area contributed by atoms with Crippen molar-refractivity contribution >= 4 is 29.1 Å². The molecule has 1 aromatic rings. The van der Waals surface area contributed by atoms with Crippen LogP contribution in [0.15, 0.2) is 6.07 Å². The highest BCUT2D eigenvalue weighted by Gasteiger charge is 2.30. The Morgan fingerprint density at radius 2 is 2.04 bits per heavy atom. The molecule has 1 aliphatic rings. The quantitative estimate of drug-likeness (QED) is 0.620. The van der Waals surface area contributed by atoms with Gasteiger partial charge >= 0.3 is 5.97 Å². The van der Waals surface area contributed by atoms with Crippen molar-refractivity contribution in [2.75, 3.05) is 33.3 Å². The third-order valence-electron chi connectivity index (χ3n) is 5.08. The average Bonchev–Trinajstić information content (AvgIpc) is 3.10. The molecule has 6 nitrogen and oxygen atoms in total. The molecule has 2 amide bonds. The summed E-state index contributed by atoms with van der Waals surface area (Å²) < 4.78 is 5.09. The number of ether oxygens (including phenoxy) is 1. The molecule has 0 bridgehead atoms. The first kappa shape index (κ1) is 22.4. The van der Waals surface area contributed by atoms with E-state index in [-0.39, 0.29) is 30.2 Å². The van der Waals surface area contributed by atoms with Crippen LogP contribution in [0.25, 0.3) is 0 Å². The molecule has 1 unspecified atom stereocenters. The minimum Gasteiger partial charge on any atom is -0.466 e. The van der Waals surface area contributed by atoms with Crippen LogP contribution in [0.5, 0.6) is 0 Å². The molecule has 1 aliphatic heterocycles. The molecule has 7 heteroatoms. The topological polar surface area (TPSA) is 66.9 Å². The molecule has 2 heterocycles. The molecule has 0 N–H and O–H groups in total. The van der Waals surface area contributed by atoms with E-state index in [0.29, 0.717) is 24.6 Å². The number of hydrogen-bond donors (Lipinski definition) is 0. The Hall–Kier alpha value is -1.89. The summed E-state index contributed by atoms with van der Waals surface area (Å²) in [6.45, 7) is 7.38. The van der Waals surface area contributed by atoms with Gasteiger partial charge in [0.15, 0.2) is 0 Å². The van der Waals surface area contributed by atoms with E-state index in [9.17, 15) is 14.4 Å². The smallest absolute Gasteiger partial charge is 0.310 e. The number of carbonyl (C=O) groups is 3. The van der Waals surface area contributed by atoms with Crippen molar-refractivity contribution in [1.29, 1.82) is 0 Å². The second-order valence-corrected chi connectivity index (χ2v) is 8.39. The van der Waals surface area contributed by atoms with Crippen molar-refractivity contribution in [2.24, 2.45) is 5.92 Å². The molecule has 1 saturated heterocycles. The number of piperidine rings is 1. The number of aryl methyl sites for hydroxylation is 2. The predicted molar refractivity (Wildman–Crippen MR) is 111 cm³/mol. The molecular weight excluding hydrogens is 376 g/mol. The highest BCUT2D eigenvalue weighted by Crippen LogP contribution is 2.26. The van der Waals surface area contributed by atoms with Crippen molar-refractivity contribution in [3.63, 3.8) is 0 Å². The van der Waals surface area contributed by atoms with Gasteiger partial charge in [0.1, 0.15) is 0 Å². The predicted octanol–water partition coefficient (Wildman–Crippen LogP) is 3.14. The van der Waals surface area contributed by atoms with Gasteiger partial charge in [-0.25, -0.2) is 0 Å². The zero-order valence-electron chi connectivity index (χ0n) is 17.5. The standard InChI is InChI=1S/C21H32N2O4S/c1-5-9-17-15(6-2)12-18(28-17)20(25)22(4)14-19(24)23-11-8-10-16(13-23)21(26)27-7-3/h12,16H,5-11,13-14H2,1-4H3. The first-order valence-corrected chi connectivity index (χ1v) is 11.0. The third kappa shape index (κ3) is 5.56. The number of likely N-dealkylation sites (tertiary alicyclic amines) is 1. The maximum atomic E-state index is 12.8. The van der Waals surface area contributed by atoms with Gasteiger partial charge in [0.2, 0.25) is 5.91 Å². The summed E-state index contributed by atoms with van der Waals surface area (Å²) in [6, 6.07) is 1.97. The van der Waals surface area contributed by atoms with Gasteiger partial charge in [-0.2, -0.15) is 0 Å². The summed E-state index contributed by atoms with van der Waals surface area (Å²) in [6.07, 6.45) is 4.45. The van der Waals surface area contributed by atoms with E-state index in [1.165, 1.54) is 15.3 Å². The second-order valence-electron chi connectivity index (χ2n) is 7.25. The molecule has 28 heavy (non-hydrogen) atoms. The van der Waals surface area contributed by atoms with Crippen LogP contribution in [0.1, 0.15) is 60.1 Å². The van der Waals surface area contributed by atoms with Gasteiger partial charge in [0, 0.05) is 25.0 Å². The van der Waals surface area contributed by atoms with Crippen LogP contribution in [0.3, 0.4) is 0 Å². The van der Waals surface area contributed by atoms with E-state index in [4.69, 9.17) is 4.74 Å². The highest BCUT2D eigenvalue weighted by atomic mass is 32.1. The van der Waals surface area contributed by atoms with Crippen LogP contribution < -0.4 is 0 Å². The third-order valence-corrected chi connectivity index (χ3v) is 6.30. The van der Waals surface area contributed by atoms with Gasteiger partial charge in [0.25, 0.3) is 5.91 Å². The number of carbonyl (C=O) groups excluding carboxylic acids is 3. The molecule has 0 aliphatic carbocycles. The zero-order chi connectivity index (χ0) is 20.7. The largest absolute Gasteiger partial charge is 0.466 e. The lowest BCUT2D eigenvalue weighted by atomic mass is 9.98. The fourth-order valence-electron chi connectivity index (χ4n) is 3.53. The molecule has 2 rings (SSSR count). The van der Waals surface area contributed by atoms with Gasteiger partial charge in [-0.05, 0) is 44.2 Å². The van der Waals surface area contributed by atoms with Gasteiger partial charge in [-0.1, -0.05) is 20.3 Å². The molecule has 0 spiro atoms. The van der Waals surface area contributed by atoms with Crippen LogP contribution in [-0.4, -0.2) is 60.9 Å². The van der Waals surface area contributed by atoms with Crippen LogP contribution in [0.4, 0.5) is 0 Å². The fourth-order valence-corrected chi connectivity index (χ4v) is 4.88. The van der Waals surface area contributed by atoms with Crippen LogP contribution in [0.2, 0.25) is 0 Å². The SMILES string of the molecule is CCCc1sc(C(=O)N(C)CC(=O)N2CCCC(C(=O)OCC)C2)cc1CC. The highest BCUT2D eigenvalue weighted by molar-refractivity contribution is 7.14. The Morgan fingerprint density at radius 1 is 1.29 bits per heavy atom. The molecule has 156 valence electrons. The molecule has 0 aromatic carbocycles. The summed E-state index contributed by atoms with van der Waals surface area (Å²) in [5, 5.41) is 0. The monoisotopic (exact) mass is 408 g/mol. The van der Waals surface area contributed by atoms with Crippen molar-refractivity contribution in [1.82, 2.24) is 9.80 Å². The molecule has 0 saturated carbocycles. The van der Waals surface area contributed by atoms with Crippen molar-refractivity contribution in [2.45, 2.75) is 52.9 Å². The van der Waals surface area contributed by atoms with Gasteiger partial charge in [-0.15, -0.1) is 11.3 Å². The number of amides is 2. The normalized spacial score (nSPS) is 16.7. The molecule has 0 radical (unpaired) electrons. The maximum absolute atomic E-state index is 12.8. The van der Waals surface area contributed by atoms with Gasteiger partial charge < -0.3 is 14.5 Å². The van der Waals surface area contributed by atoms with Crippen LogP contribution in [0, 0.1) is 5.92 Å². The van der Waals surface area contributed by atoms with Crippen molar-refractivity contribution < 1.29 is 19.1 Å². The lowest BCUT2D eigenvalue weighted by molar-refractivity contribution is -0.151. The number of thiophene rings is 1. The van der Waals surface area contributed by atoms with E-state index in [2.05, 4.69) is 13.8 Å². The molecule has 1 atom stereocenters. The maximum Gasteiger partial charge on any atom is 0.310 e. The summed E-state index contributed by atoms with van der Waals surface area (Å²) in [4.78, 5) is 42.6. The average molecular weight is 409 g/mol. The zero-order valence-corrected chi connectivity index (χ0v) is 18.3. The van der Waals surface area contributed by atoms with E-state index >= 15 is 0 Å². The van der Waals surface area contributed by atoms with Gasteiger partial charge in [-0.3, -0.25) is 14.4 Å². The molecule has 1 aromatic heterocycles. The Balaban J connectivity index is 1.97. The van der Waals surface area contributed by atoms with E-state index < -0.39 is 0 Å². The van der Waals surface area contributed by atoms with Crippen LogP contribution >= 0.6 is 11.3 Å². The number of rotatable bonds is 8. The first-order valence-electron chi connectivity index (χ1n) is 10.2. The minimum absolute atomic E-state index is 0.0247. The second kappa shape index (κ2) is 10.6. The summed E-state index contributed by atoms with van der Waals surface area (Å²) in [5.74, 6) is -0.738. The van der Waals surface area contributed by atoms with Crippen molar-refractivity contribution in [3.05, 3.63) is 21.4 Å². The van der Waals surface area contributed by atoms with Gasteiger partial charge in [0.05, 0.1) is 23.9 Å². The number of hydrogen-bond acceptors (Lipinski definition) is 5. The molecule has 1 fully saturated rings. The Kier molecular flexibility index (Phi) is 8.48. The van der Waals surface area contributed by atoms with E-state index in [0.717, 1.165) is 32.1 Å². The number of nitrogens with zero attached hydrogens (tertiary/aromatic N) is 2. The Bertz CT molecular complexity index is 701. The van der Waals surface area contributed by atoms with Crippen molar-refractivity contribution in [3.8, 4) is 0 Å². The minimum atomic E-state index is -0.264.